The number of urea groups is 1. The Kier molecular flexibility index (Phi) is 11.7. The molecule has 1 aromatic rings. The number of carbonyl (C=O) groups excluding carboxylic acids is 3. The normalized spacial score (nSPS) is 23.8. The Morgan fingerprint density at radius 2 is 2.02 bits per heavy atom. The standard InChI is InChI=1S/C33H44F2N6O5/c1-5-17-46-32(45)36-16-8-11-27-30(43)39(20-25-9-7-10-26(18-25)33(34,35)6-2)21-28-40(27)29(42)22-38(4)41(28)31(44)37-19-24-14-12-23(3)13-15-24/h5-7,9-10,12,14-15,18,23,27-28,30,43H,1-2,8,11,13,16-17,19-22H2,3-4H3,(H,36,45)(H,37,44)/t23?,27-,28-,30?/m0/s1. The molecule has 1 aliphatic carbocycles. The molecule has 250 valence electrons. The van der Waals surface area contributed by atoms with E-state index in [0.717, 1.165) is 12.0 Å². The molecule has 3 N–H and O–H groups in total. The van der Waals surface area contributed by atoms with Crippen LogP contribution in [0.1, 0.15) is 37.3 Å². The monoisotopic (exact) mass is 642 g/mol. The minimum Gasteiger partial charge on any atom is -0.445 e. The summed E-state index contributed by atoms with van der Waals surface area (Å²) in [6, 6.07) is 4.71. The Morgan fingerprint density at radius 3 is 2.72 bits per heavy atom. The predicted octanol–water partition coefficient (Wildman–Crippen LogP) is 3.71. The molecule has 4 amide bonds. The van der Waals surface area contributed by atoms with Gasteiger partial charge in [0.05, 0.1) is 12.6 Å². The van der Waals surface area contributed by atoms with Gasteiger partial charge in [-0.15, -0.1) is 0 Å². The van der Waals surface area contributed by atoms with Gasteiger partial charge in [-0.1, -0.05) is 62.6 Å². The Morgan fingerprint density at radius 1 is 1.24 bits per heavy atom. The summed E-state index contributed by atoms with van der Waals surface area (Å²) in [6.45, 7) is 9.50. The lowest BCUT2D eigenvalue weighted by atomic mass is 9.98. The van der Waals surface area contributed by atoms with Crippen molar-refractivity contribution < 1.29 is 33.0 Å². The zero-order valence-corrected chi connectivity index (χ0v) is 26.4. The lowest BCUT2D eigenvalue weighted by Gasteiger charge is -2.56. The molecule has 1 aromatic carbocycles. The number of likely N-dealkylation sites (N-methyl/N-ethyl adjacent to an activating group) is 1. The molecule has 2 unspecified atom stereocenters. The number of fused-ring (bicyclic) bond motifs is 1. The molecule has 0 radical (unpaired) electrons. The van der Waals surface area contributed by atoms with Crippen LogP contribution in [0.25, 0.3) is 0 Å². The van der Waals surface area contributed by atoms with Gasteiger partial charge in [0.2, 0.25) is 5.91 Å². The van der Waals surface area contributed by atoms with Gasteiger partial charge in [0, 0.05) is 38.8 Å². The maximum absolute atomic E-state index is 14.4. The van der Waals surface area contributed by atoms with E-state index < -0.39 is 36.5 Å². The van der Waals surface area contributed by atoms with Crippen molar-refractivity contribution in [3.8, 4) is 0 Å². The number of hydrogen-bond donors (Lipinski definition) is 3. The first kappa shape index (κ1) is 34.8. The van der Waals surface area contributed by atoms with Gasteiger partial charge >= 0.3 is 12.1 Å². The molecule has 2 saturated heterocycles. The number of aliphatic hydroxyl groups excluding tert-OH is 1. The van der Waals surface area contributed by atoms with Crippen molar-refractivity contribution in [2.24, 2.45) is 5.92 Å². The molecule has 4 rings (SSSR count). The molecule has 0 bridgehead atoms. The van der Waals surface area contributed by atoms with E-state index in [2.05, 4.69) is 42.9 Å². The van der Waals surface area contributed by atoms with Crippen LogP contribution in [0.4, 0.5) is 18.4 Å². The van der Waals surface area contributed by atoms with Crippen molar-refractivity contribution in [2.45, 2.75) is 57.1 Å². The lowest BCUT2D eigenvalue weighted by molar-refractivity contribution is -0.209. The molecule has 0 aromatic heterocycles. The molecule has 2 fully saturated rings. The number of hydrogen-bond acceptors (Lipinski definition) is 7. The van der Waals surface area contributed by atoms with Crippen LogP contribution in [0.5, 0.6) is 0 Å². The Labute approximate surface area is 268 Å². The fourth-order valence-electron chi connectivity index (χ4n) is 5.96. The number of aliphatic hydroxyl groups is 1. The number of nitrogens with zero attached hydrogens (tertiary/aromatic N) is 4. The highest BCUT2D eigenvalue weighted by Crippen LogP contribution is 2.33. The smallest absolute Gasteiger partial charge is 0.407 e. The van der Waals surface area contributed by atoms with Gasteiger partial charge in [-0.3, -0.25) is 9.69 Å². The van der Waals surface area contributed by atoms with E-state index in [-0.39, 0.29) is 50.7 Å². The first-order valence-electron chi connectivity index (χ1n) is 15.5. The van der Waals surface area contributed by atoms with Gasteiger partial charge in [-0.25, -0.2) is 19.6 Å². The van der Waals surface area contributed by atoms with Crippen LogP contribution in [0.2, 0.25) is 0 Å². The number of carbonyl (C=O) groups is 3. The van der Waals surface area contributed by atoms with Crippen molar-refractivity contribution >= 4 is 18.0 Å². The largest absolute Gasteiger partial charge is 0.445 e. The maximum Gasteiger partial charge on any atom is 0.407 e. The number of benzene rings is 1. The Balaban J connectivity index is 1.57. The fourth-order valence-corrected chi connectivity index (χ4v) is 5.96. The van der Waals surface area contributed by atoms with Crippen molar-refractivity contribution in [2.75, 3.05) is 39.8 Å². The number of alkyl halides is 2. The van der Waals surface area contributed by atoms with Crippen LogP contribution < -0.4 is 10.6 Å². The average molecular weight is 643 g/mol. The molecule has 11 nitrogen and oxygen atoms in total. The van der Waals surface area contributed by atoms with Gasteiger partial charge in [0.15, 0.2) is 0 Å². The van der Waals surface area contributed by atoms with Gasteiger partial charge in [0.1, 0.15) is 19.0 Å². The van der Waals surface area contributed by atoms with Crippen molar-refractivity contribution in [1.82, 2.24) is 30.5 Å². The summed E-state index contributed by atoms with van der Waals surface area (Å²) in [6.07, 6.45) is 7.16. The molecule has 2 heterocycles. The number of ether oxygens (including phenoxy) is 1. The summed E-state index contributed by atoms with van der Waals surface area (Å²) in [5.41, 5.74) is 1.27. The SMILES string of the molecule is C=CCOC(=O)NCCC[C@H]1C(O)N(Cc2cccc(C(F)(F)C=C)c2)C[C@H]2N1C(=O)CN(C)N2C(=O)NCC1=CCC(C)C=C1. The molecule has 0 spiro atoms. The first-order valence-corrected chi connectivity index (χ1v) is 15.5. The topological polar surface area (TPSA) is 118 Å². The molecule has 2 aliphatic heterocycles. The summed E-state index contributed by atoms with van der Waals surface area (Å²) in [7, 11) is 1.65. The van der Waals surface area contributed by atoms with Crippen LogP contribution in [0.3, 0.4) is 0 Å². The number of halogens is 2. The van der Waals surface area contributed by atoms with Gasteiger partial charge in [0.25, 0.3) is 5.92 Å². The Bertz CT molecular complexity index is 1350. The van der Waals surface area contributed by atoms with E-state index in [0.29, 0.717) is 30.5 Å². The number of rotatable bonds is 12. The Hall–Kier alpha value is -4.07. The van der Waals surface area contributed by atoms with Crippen molar-refractivity contribution in [3.63, 3.8) is 0 Å². The number of allylic oxidation sites excluding steroid dienone is 3. The maximum atomic E-state index is 14.4. The quantitative estimate of drug-likeness (QED) is 0.235. The summed E-state index contributed by atoms with van der Waals surface area (Å²) >= 11 is 0. The van der Waals surface area contributed by atoms with Crippen molar-refractivity contribution in [1.29, 1.82) is 0 Å². The second-order valence-corrected chi connectivity index (χ2v) is 11.8. The number of nitrogens with one attached hydrogen (secondary N) is 2. The third kappa shape index (κ3) is 8.39. The summed E-state index contributed by atoms with van der Waals surface area (Å²) in [4.78, 5) is 42.3. The number of alkyl carbamates (subject to hydrolysis) is 1. The molecule has 0 saturated carbocycles. The molecular weight excluding hydrogens is 598 g/mol. The number of piperazine rings is 1. The second kappa shape index (κ2) is 15.5. The molecule has 13 heteroatoms. The zero-order valence-electron chi connectivity index (χ0n) is 26.4. The van der Waals surface area contributed by atoms with Gasteiger partial charge < -0.3 is 25.4 Å². The molecular formula is C33H44F2N6O5. The van der Waals surface area contributed by atoms with Gasteiger partial charge in [-0.05, 0) is 48.5 Å². The highest BCUT2D eigenvalue weighted by atomic mass is 19.3. The molecule has 46 heavy (non-hydrogen) atoms. The third-order valence-corrected chi connectivity index (χ3v) is 8.37. The van der Waals surface area contributed by atoms with E-state index in [1.54, 1.807) is 27.9 Å². The van der Waals surface area contributed by atoms with E-state index >= 15 is 0 Å². The molecule has 3 aliphatic rings. The van der Waals surface area contributed by atoms with E-state index in [1.807, 2.05) is 6.08 Å². The summed E-state index contributed by atoms with van der Waals surface area (Å²) < 4.78 is 33.8. The van der Waals surface area contributed by atoms with Crippen LogP contribution >= 0.6 is 0 Å². The van der Waals surface area contributed by atoms with Gasteiger partial charge in [-0.2, -0.15) is 8.78 Å². The van der Waals surface area contributed by atoms with Crippen LogP contribution in [0, 0.1) is 5.92 Å². The zero-order chi connectivity index (χ0) is 33.4. The van der Waals surface area contributed by atoms with Crippen LogP contribution in [-0.4, -0.2) is 101 Å². The minimum absolute atomic E-state index is 0.0597. The predicted molar refractivity (Wildman–Crippen MR) is 169 cm³/mol. The second-order valence-electron chi connectivity index (χ2n) is 11.8. The number of hydrazine groups is 1. The fraction of sp³-hybridized carbons (Fsp3) is 0.485. The summed E-state index contributed by atoms with van der Waals surface area (Å²) in [5, 5.41) is 20.3. The number of amides is 4. The van der Waals surface area contributed by atoms with Crippen molar-refractivity contribution in [3.05, 3.63) is 84.5 Å². The highest BCUT2D eigenvalue weighted by molar-refractivity contribution is 5.83. The first-order chi connectivity index (χ1) is 21.9. The summed E-state index contributed by atoms with van der Waals surface area (Å²) in [5.74, 6) is -3.07. The van der Waals surface area contributed by atoms with E-state index in [1.165, 1.54) is 29.3 Å². The van der Waals surface area contributed by atoms with Crippen LogP contribution in [0.15, 0.2) is 73.4 Å². The van der Waals surface area contributed by atoms with Crippen LogP contribution in [-0.2, 0) is 22.0 Å². The average Bonchev–Trinajstić information content (AvgIpc) is 3.03. The van der Waals surface area contributed by atoms with E-state index in [4.69, 9.17) is 4.74 Å². The van der Waals surface area contributed by atoms with E-state index in [9.17, 15) is 28.3 Å². The molecule has 4 atom stereocenters. The highest BCUT2D eigenvalue weighted by Gasteiger charge is 2.50. The minimum atomic E-state index is -3.23. The third-order valence-electron chi connectivity index (χ3n) is 8.37. The lowest BCUT2D eigenvalue weighted by Crippen LogP contribution is -2.76.